The van der Waals surface area contributed by atoms with E-state index in [0.717, 1.165) is 31.0 Å². The predicted molar refractivity (Wildman–Crippen MR) is 90.6 cm³/mol. The van der Waals surface area contributed by atoms with Gasteiger partial charge in [0.25, 0.3) is 0 Å². The SMILES string of the molecule is CCCN(CCO)Cc1cccc(Oc2ccc(Cl)cc2)c1. The Morgan fingerprint density at radius 2 is 1.82 bits per heavy atom. The second-order valence-corrected chi connectivity index (χ2v) is 5.64. The average Bonchev–Trinajstić information content (AvgIpc) is 2.51. The summed E-state index contributed by atoms with van der Waals surface area (Å²) in [5.74, 6) is 1.57. The number of rotatable bonds is 8. The van der Waals surface area contributed by atoms with Crippen LogP contribution in [0.5, 0.6) is 11.5 Å². The van der Waals surface area contributed by atoms with Crippen LogP contribution in [-0.4, -0.2) is 29.7 Å². The molecular weight excluding hydrogens is 298 g/mol. The summed E-state index contributed by atoms with van der Waals surface area (Å²) >= 11 is 5.88. The molecule has 0 aliphatic rings. The lowest BCUT2D eigenvalue weighted by molar-refractivity contribution is 0.190. The third-order valence-corrected chi connectivity index (χ3v) is 3.56. The minimum Gasteiger partial charge on any atom is -0.457 e. The molecule has 0 saturated heterocycles. The highest BCUT2D eigenvalue weighted by Gasteiger charge is 2.06. The molecule has 2 aromatic rings. The van der Waals surface area contributed by atoms with Gasteiger partial charge < -0.3 is 9.84 Å². The predicted octanol–water partition coefficient (Wildman–Crippen LogP) is 4.34. The van der Waals surface area contributed by atoms with Crippen molar-refractivity contribution in [1.82, 2.24) is 4.90 Å². The van der Waals surface area contributed by atoms with Crippen molar-refractivity contribution in [3.05, 3.63) is 59.1 Å². The smallest absolute Gasteiger partial charge is 0.127 e. The van der Waals surface area contributed by atoms with Gasteiger partial charge >= 0.3 is 0 Å². The average molecular weight is 320 g/mol. The Morgan fingerprint density at radius 3 is 2.50 bits per heavy atom. The number of nitrogens with zero attached hydrogens (tertiary/aromatic N) is 1. The van der Waals surface area contributed by atoms with Gasteiger partial charge in [-0.15, -0.1) is 0 Å². The van der Waals surface area contributed by atoms with Crippen molar-refractivity contribution in [1.29, 1.82) is 0 Å². The Balaban J connectivity index is 2.03. The van der Waals surface area contributed by atoms with Gasteiger partial charge in [0.15, 0.2) is 0 Å². The molecule has 0 bridgehead atoms. The van der Waals surface area contributed by atoms with Gasteiger partial charge in [0.1, 0.15) is 11.5 Å². The summed E-state index contributed by atoms with van der Waals surface area (Å²) in [5, 5.41) is 9.83. The molecule has 22 heavy (non-hydrogen) atoms. The molecule has 3 nitrogen and oxygen atoms in total. The molecule has 0 heterocycles. The van der Waals surface area contributed by atoms with Crippen molar-refractivity contribution in [2.75, 3.05) is 19.7 Å². The number of hydrogen-bond acceptors (Lipinski definition) is 3. The maximum absolute atomic E-state index is 9.14. The van der Waals surface area contributed by atoms with Crippen LogP contribution in [0.25, 0.3) is 0 Å². The monoisotopic (exact) mass is 319 g/mol. The number of benzene rings is 2. The molecule has 0 aliphatic heterocycles. The Morgan fingerprint density at radius 1 is 1.05 bits per heavy atom. The minimum absolute atomic E-state index is 0.182. The fraction of sp³-hybridized carbons (Fsp3) is 0.333. The minimum atomic E-state index is 0.182. The molecule has 2 rings (SSSR count). The van der Waals surface area contributed by atoms with E-state index in [2.05, 4.69) is 17.9 Å². The topological polar surface area (TPSA) is 32.7 Å². The molecule has 0 saturated carbocycles. The molecule has 0 aromatic heterocycles. The summed E-state index contributed by atoms with van der Waals surface area (Å²) in [6.45, 7) is 4.80. The maximum Gasteiger partial charge on any atom is 0.127 e. The van der Waals surface area contributed by atoms with E-state index >= 15 is 0 Å². The zero-order chi connectivity index (χ0) is 15.8. The molecule has 0 radical (unpaired) electrons. The first-order valence-electron chi connectivity index (χ1n) is 7.57. The maximum atomic E-state index is 9.14. The Bertz CT molecular complexity index is 566. The number of halogens is 1. The van der Waals surface area contributed by atoms with Gasteiger partial charge in [0.05, 0.1) is 6.61 Å². The van der Waals surface area contributed by atoms with Crippen molar-refractivity contribution < 1.29 is 9.84 Å². The fourth-order valence-corrected chi connectivity index (χ4v) is 2.46. The fourth-order valence-electron chi connectivity index (χ4n) is 2.33. The van der Waals surface area contributed by atoms with Crippen LogP contribution in [-0.2, 0) is 6.54 Å². The number of ether oxygens (including phenoxy) is 1. The van der Waals surface area contributed by atoms with E-state index in [4.69, 9.17) is 21.4 Å². The van der Waals surface area contributed by atoms with Crippen LogP contribution in [0, 0.1) is 0 Å². The van der Waals surface area contributed by atoms with Gasteiger partial charge in [-0.1, -0.05) is 30.7 Å². The van der Waals surface area contributed by atoms with E-state index in [1.807, 2.05) is 42.5 Å². The van der Waals surface area contributed by atoms with Crippen molar-refractivity contribution in [3.63, 3.8) is 0 Å². The molecule has 0 unspecified atom stereocenters. The van der Waals surface area contributed by atoms with Crippen LogP contribution in [0.15, 0.2) is 48.5 Å². The Labute approximate surface area is 137 Å². The standard InChI is InChI=1S/C18H22ClNO2/c1-2-10-20(11-12-21)14-15-4-3-5-18(13-15)22-17-8-6-16(19)7-9-17/h3-9,13,21H,2,10-12,14H2,1H3. The van der Waals surface area contributed by atoms with Crippen LogP contribution in [0.1, 0.15) is 18.9 Å². The van der Waals surface area contributed by atoms with Crippen LogP contribution in [0.2, 0.25) is 5.02 Å². The first kappa shape index (κ1) is 16.8. The normalized spacial score (nSPS) is 10.9. The zero-order valence-electron chi connectivity index (χ0n) is 12.8. The van der Waals surface area contributed by atoms with Gasteiger partial charge in [0, 0.05) is 18.1 Å². The van der Waals surface area contributed by atoms with Crippen molar-refractivity contribution in [2.45, 2.75) is 19.9 Å². The Kier molecular flexibility index (Phi) is 6.72. The molecule has 1 N–H and O–H groups in total. The van der Waals surface area contributed by atoms with Gasteiger partial charge in [-0.3, -0.25) is 4.90 Å². The molecular formula is C18H22ClNO2. The summed E-state index contributed by atoms with van der Waals surface area (Å²) in [6.07, 6.45) is 1.07. The molecule has 2 aromatic carbocycles. The third-order valence-electron chi connectivity index (χ3n) is 3.31. The van der Waals surface area contributed by atoms with Crippen LogP contribution in [0.3, 0.4) is 0 Å². The molecule has 0 atom stereocenters. The number of hydrogen-bond donors (Lipinski definition) is 1. The quantitative estimate of drug-likeness (QED) is 0.785. The summed E-state index contributed by atoms with van der Waals surface area (Å²) in [7, 11) is 0. The molecule has 0 amide bonds. The molecule has 118 valence electrons. The number of aliphatic hydroxyl groups is 1. The van der Waals surface area contributed by atoms with Gasteiger partial charge in [-0.2, -0.15) is 0 Å². The zero-order valence-corrected chi connectivity index (χ0v) is 13.6. The third kappa shape index (κ3) is 5.34. The number of aliphatic hydroxyl groups excluding tert-OH is 1. The molecule has 4 heteroatoms. The first-order chi connectivity index (χ1) is 10.7. The van der Waals surface area contributed by atoms with Crippen LogP contribution in [0.4, 0.5) is 0 Å². The van der Waals surface area contributed by atoms with Gasteiger partial charge in [0.2, 0.25) is 0 Å². The first-order valence-corrected chi connectivity index (χ1v) is 7.94. The van der Waals surface area contributed by atoms with Crippen molar-refractivity contribution in [2.24, 2.45) is 0 Å². The van der Waals surface area contributed by atoms with E-state index in [1.165, 1.54) is 5.56 Å². The van der Waals surface area contributed by atoms with E-state index in [1.54, 1.807) is 0 Å². The van der Waals surface area contributed by atoms with E-state index < -0.39 is 0 Å². The summed E-state index contributed by atoms with van der Waals surface area (Å²) < 4.78 is 5.85. The second kappa shape index (κ2) is 8.79. The van der Waals surface area contributed by atoms with E-state index in [0.29, 0.717) is 11.6 Å². The molecule has 0 aliphatic carbocycles. The van der Waals surface area contributed by atoms with Crippen molar-refractivity contribution in [3.8, 4) is 11.5 Å². The highest BCUT2D eigenvalue weighted by Crippen LogP contribution is 2.24. The summed E-state index contributed by atoms with van der Waals surface area (Å²) in [4.78, 5) is 2.24. The highest BCUT2D eigenvalue weighted by atomic mass is 35.5. The van der Waals surface area contributed by atoms with Crippen LogP contribution < -0.4 is 4.74 Å². The largest absolute Gasteiger partial charge is 0.457 e. The van der Waals surface area contributed by atoms with Gasteiger partial charge in [-0.05, 0) is 54.9 Å². The van der Waals surface area contributed by atoms with Crippen molar-refractivity contribution >= 4 is 11.6 Å². The lowest BCUT2D eigenvalue weighted by Crippen LogP contribution is -2.27. The lowest BCUT2D eigenvalue weighted by Gasteiger charge is -2.20. The van der Waals surface area contributed by atoms with E-state index in [9.17, 15) is 0 Å². The summed E-state index contributed by atoms with van der Waals surface area (Å²) in [6, 6.07) is 15.4. The second-order valence-electron chi connectivity index (χ2n) is 5.20. The van der Waals surface area contributed by atoms with Crippen LogP contribution >= 0.6 is 11.6 Å². The van der Waals surface area contributed by atoms with E-state index in [-0.39, 0.29) is 6.61 Å². The Hall–Kier alpha value is -1.55. The van der Waals surface area contributed by atoms with Gasteiger partial charge in [-0.25, -0.2) is 0 Å². The lowest BCUT2D eigenvalue weighted by atomic mass is 10.2. The highest BCUT2D eigenvalue weighted by molar-refractivity contribution is 6.30. The molecule has 0 spiro atoms. The summed E-state index contributed by atoms with van der Waals surface area (Å²) in [5.41, 5.74) is 1.17. The molecule has 0 fully saturated rings.